The first-order chi connectivity index (χ1) is 7.38. The van der Waals surface area contributed by atoms with E-state index in [1.165, 1.54) is 17.7 Å². The van der Waals surface area contributed by atoms with E-state index >= 15 is 0 Å². The molecule has 0 aromatic carbocycles. The van der Waals surface area contributed by atoms with Crippen LogP contribution in [-0.2, 0) is 0 Å². The zero-order chi connectivity index (χ0) is 12.2. The third-order valence-corrected chi connectivity index (χ3v) is 2.82. The molecule has 1 rings (SSSR count). The van der Waals surface area contributed by atoms with Gasteiger partial charge in [0, 0.05) is 19.1 Å². The van der Waals surface area contributed by atoms with Gasteiger partial charge in [-0.2, -0.15) is 13.2 Å². The van der Waals surface area contributed by atoms with Crippen LogP contribution in [0.2, 0.25) is 0 Å². The lowest BCUT2D eigenvalue weighted by molar-refractivity contribution is -0.149. The van der Waals surface area contributed by atoms with Gasteiger partial charge in [-0.25, -0.2) is 0 Å². The second-order valence-electron chi connectivity index (χ2n) is 4.83. The van der Waals surface area contributed by atoms with Gasteiger partial charge in [0.05, 0.1) is 6.54 Å². The number of hydrogen-bond acceptors (Lipinski definition) is 2. The summed E-state index contributed by atoms with van der Waals surface area (Å²) in [6.07, 6.45) is -1.56. The van der Waals surface area contributed by atoms with Crippen molar-refractivity contribution in [2.45, 2.75) is 38.9 Å². The van der Waals surface area contributed by atoms with Crippen LogP contribution in [0.15, 0.2) is 0 Å². The first-order valence-electron chi connectivity index (χ1n) is 5.90. The van der Waals surface area contributed by atoms with Crippen LogP contribution in [0, 0.1) is 5.92 Å². The van der Waals surface area contributed by atoms with Crippen LogP contribution >= 0.6 is 0 Å². The number of nitrogens with zero attached hydrogens (tertiary/aromatic N) is 1. The van der Waals surface area contributed by atoms with Gasteiger partial charge in [0.15, 0.2) is 0 Å². The van der Waals surface area contributed by atoms with Gasteiger partial charge >= 0.3 is 6.18 Å². The molecule has 1 aliphatic rings. The van der Waals surface area contributed by atoms with E-state index in [1.54, 1.807) is 13.8 Å². The molecule has 2 nitrogen and oxygen atoms in total. The van der Waals surface area contributed by atoms with Crippen LogP contribution in [0.3, 0.4) is 0 Å². The molecule has 0 amide bonds. The molecule has 16 heavy (non-hydrogen) atoms. The molecule has 0 aromatic heterocycles. The lowest BCUT2D eigenvalue weighted by Crippen LogP contribution is -2.42. The average Bonchev–Trinajstić information content (AvgIpc) is 2.91. The normalized spacial score (nSPS) is 17.4. The van der Waals surface area contributed by atoms with Gasteiger partial charge in [0.1, 0.15) is 0 Å². The molecular weight excluding hydrogens is 217 g/mol. The molecule has 1 aliphatic carbocycles. The smallest absolute Gasteiger partial charge is 0.315 e. The molecule has 0 spiro atoms. The van der Waals surface area contributed by atoms with Crippen molar-refractivity contribution in [2.75, 3.05) is 26.2 Å². The zero-order valence-corrected chi connectivity index (χ0v) is 9.98. The maximum atomic E-state index is 12.3. The lowest BCUT2D eigenvalue weighted by Gasteiger charge is -2.27. The summed E-state index contributed by atoms with van der Waals surface area (Å²) in [5.41, 5.74) is 0. The molecular formula is C11H21F3N2. The van der Waals surface area contributed by atoms with Crippen molar-refractivity contribution in [1.29, 1.82) is 0 Å². The molecule has 0 saturated heterocycles. The monoisotopic (exact) mass is 238 g/mol. The third kappa shape index (κ3) is 6.33. The molecule has 0 unspecified atom stereocenters. The van der Waals surface area contributed by atoms with Crippen LogP contribution in [0.5, 0.6) is 0 Å². The quantitative estimate of drug-likeness (QED) is 0.684. The van der Waals surface area contributed by atoms with Crippen LogP contribution in [0.1, 0.15) is 26.7 Å². The summed E-state index contributed by atoms with van der Waals surface area (Å²) < 4.78 is 36.8. The Morgan fingerprint density at radius 2 is 1.94 bits per heavy atom. The molecule has 1 N–H and O–H groups in total. The summed E-state index contributed by atoms with van der Waals surface area (Å²) in [6, 6.07) is -0.0654. The minimum atomic E-state index is -4.10. The molecule has 96 valence electrons. The average molecular weight is 238 g/mol. The lowest BCUT2D eigenvalue weighted by atomic mass is 10.3. The largest absolute Gasteiger partial charge is 0.401 e. The molecule has 0 radical (unpaired) electrons. The zero-order valence-electron chi connectivity index (χ0n) is 9.98. The van der Waals surface area contributed by atoms with Crippen molar-refractivity contribution in [3.05, 3.63) is 0 Å². The van der Waals surface area contributed by atoms with E-state index in [9.17, 15) is 13.2 Å². The molecule has 1 fully saturated rings. The maximum Gasteiger partial charge on any atom is 0.401 e. The van der Waals surface area contributed by atoms with E-state index in [1.807, 2.05) is 0 Å². The minimum Gasteiger partial charge on any atom is -0.315 e. The third-order valence-electron chi connectivity index (χ3n) is 2.82. The fraction of sp³-hybridized carbons (Fsp3) is 1.00. The topological polar surface area (TPSA) is 15.3 Å². The van der Waals surface area contributed by atoms with E-state index in [0.29, 0.717) is 13.1 Å². The standard InChI is InChI=1S/C11H21F3N2/c1-9(2)16(8-11(12,13)14)6-5-15-7-10-3-4-10/h9-10,15H,3-8H2,1-2H3. The number of rotatable bonds is 7. The molecule has 0 bridgehead atoms. The van der Waals surface area contributed by atoms with Crippen LogP contribution in [-0.4, -0.2) is 43.3 Å². The highest BCUT2D eigenvalue weighted by atomic mass is 19.4. The molecule has 0 atom stereocenters. The fourth-order valence-electron chi connectivity index (χ4n) is 1.60. The Morgan fingerprint density at radius 1 is 1.31 bits per heavy atom. The Morgan fingerprint density at radius 3 is 2.38 bits per heavy atom. The SMILES string of the molecule is CC(C)N(CCNCC1CC1)CC(F)(F)F. The van der Waals surface area contributed by atoms with E-state index in [0.717, 1.165) is 12.5 Å². The van der Waals surface area contributed by atoms with Crippen molar-refractivity contribution in [3.63, 3.8) is 0 Å². The van der Waals surface area contributed by atoms with E-state index in [4.69, 9.17) is 0 Å². The Labute approximate surface area is 95.2 Å². The van der Waals surface area contributed by atoms with Gasteiger partial charge in [0.2, 0.25) is 0 Å². The van der Waals surface area contributed by atoms with Gasteiger partial charge in [-0.15, -0.1) is 0 Å². The second-order valence-corrected chi connectivity index (χ2v) is 4.83. The summed E-state index contributed by atoms with van der Waals surface area (Å²) >= 11 is 0. The maximum absolute atomic E-state index is 12.3. The highest BCUT2D eigenvalue weighted by Gasteiger charge is 2.31. The predicted octanol–water partition coefficient (Wildman–Crippen LogP) is 2.26. The van der Waals surface area contributed by atoms with Crippen molar-refractivity contribution < 1.29 is 13.2 Å². The first-order valence-corrected chi connectivity index (χ1v) is 5.90. The number of halogens is 3. The van der Waals surface area contributed by atoms with Crippen molar-refractivity contribution in [3.8, 4) is 0 Å². The predicted molar refractivity (Wildman–Crippen MR) is 58.4 cm³/mol. The van der Waals surface area contributed by atoms with Crippen molar-refractivity contribution in [1.82, 2.24) is 10.2 Å². The van der Waals surface area contributed by atoms with Crippen LogP contribution in [0.4, 0.5) is 13.2 Å². The summed E-state index contributed by atoms with van der Waals surface area (Å²) in [6.45, 7) is 4.85. The van der Waals surface area contributed by atoms with Crippen LogP contribution < -0.4 is 5.32 Å². The highest BCUT2D eigenvalue weighted by Crippen LogP contribution is 2.27. The number of alkyl halides is 3. The molecule has 1 saturated carbocycles. The Kier molecular flexibility index (Phi) is 5.05. The molecule has 0 aliphatic heterocycles. The molecule has 5 heteroatoms. The molecule has 0 heterocycles. The van der Waals surface area contributed by atoms with Crippen LogP contribution in [0.25, 0.3) is 0 Å². The fourth-order valence-corrected chi connectivity index (χ4v) is 1.60. The van der Waals surface area contributed by atoms with Crippen molar-refractivity contribution in [2.24, 2.45) is 5.92 Å². The second kappa shape index (κ2) is 5.87. The van der Waals surface area contributed by atoms with E-state index in [-0.39, 0.29) is 6.04 Å². The van der Waals surface area contributed by atoms with E-state index < -0.39 is 12.7 Å². The minimum absolute atomic E-state index is 0.0654. The Balaban J connectivity index is 2.16. The number of hydrogen-bond donors (Lipinski definition) is 1. The van der Waals surface area contributed by atoms with E-state index in [2.05, 4.69) is 5.32 Å². The Hall–Kier alpha value is -0.290. The molecule has 0 aromatic rings. The van der Waals surface area contributed by atoms with Gasteiger partial charge in [-0.1, -0.05) is 0 Å². The summed E-state index contributed by atoms with van der Waals surface area (Å²) in [7, 11) is 0. The van der Waals surface area contributed by atoms with Gasteiger partial charge in [0.25, 0.3) is 0 Å². The summed E-state index contributed by atoms with van der Waals surface area (Å²) in [4.78, 5) is 1.46. The first kappa shape index (κ1) is 13.8. The summed E-state index contributed by atoms with van der Waals surface area (Å²) in [5, 5.41) is 3.21. The highest BCUT2D eigenvalue weighted by molar-refractivity contribution is 4.76. The number of nitrogens with one attached hydrogen (secondary N) is 1. The summed E-state index contributed by atoms with van der Waals surface area (Å²) in [5.74, 6) is 0.773. The van der Waals surface area contributed by atoms with Gasteiger partial charge in [-0.3, -0.25) is 4.90 Å². The van der Waals surface area contributed by atoms with Crippen molar-refractivity contribution >= 4 is 0 Å². The Bertz CT molecular complexity index is 200. The van der Waals surface area contributed by atoms with Gasteiger partial charge < -0.3 is 5.32 Å². The van der Waals surface area contributed by atoms with Gasteiger partial charge in [-0.05, 0) is 39.2 Å².